The highest BCUT2D eigenvalue weighted by atomic mass is 16.5. The molecule has 1 aliphatic carbocycles. The molecular formula is C34H41N11O2. The summed E-state index contributed by atoms with van der Waals surface area (Å²) in [5.74, 6) is 1.64. The van der Waals surface area contributed by atoms with Crippen LogP contribution in [0.1, 0.15) is 36.8 Å². The number of ether oxygens (including phenoxy) is 1. The van der Waals surface area contributed by atoms with Crippen molar-refractivity contribution in [2.75, 3.05) is 54.9 Å². The molecule has 0 atom stereocenters. The van der Waals surface area contributed by atoms with Crippen molar-refractivity contribution in [3.8, 4) is 17.2 Å². The molecule has 13 heteroatoms. The van der Waals surface area contributed by atoms with Crippen LogP contribution in [0.3, 0.4) is 0 Å². The minimum atomic E-state index is -0.171. The highest BCUT2D eigenvalue weighted by Gasteiger charge is 2.31. The molecule has 3 aromatic heterocycles. The largest absolute Gasteiger partial charge is 0.379 e. The summed E-state index contributed by atoms with van der Waals surface area (Å²) in [5.41, 5.74) is 3.36. The van der Waals surface area contributed by atoms with Crippen LogP contribution in [-0.2, 0) is 18.3 Å². The molecule has 1 saturated heterocycles. The monoisotopic (exact) mass is 635 g/mol. The van der Waals surface area contributed by atoms with Crippen molar-refractivity contribution in [3.63, 3.8) is 0 Å². The minimum Gasteiger partial charge on any atom is -0.379 e. The number of nitriles is 1. The smallest absolute Gasteiger partial charge is 0.323 e. The van der Waals surface area contributed by atoms with Crippen molar-refractivity contribution in [2.24, 2.45) is 7.05 Å². The summed E-state index contributed by atoms with van der Waals surface area (Å²) in [7, 11) is 1.88. The third kappa shape index (κ3) is 8.41. The number of urea groups is 1. The summed E-state index contributed by atoms with van der Waals surface area (Å²) in [4.78, 5) is 31.7. The maximum Gasteiger partial charge on any atom is 0.323 e. The molecule has 0 radical (unpaired) electrons. The Labute approximate surface area is 275 Å². The first-order valence-corrected chi connectivity index (χ1v) is 16.2. The van der Waals surface area contributed by atoms with Crippen LogP contribution in [-0.4, -0.2) is 87.1 Å². The quantitative estimate of drug-likeness (QED) is 0.221. The van der Waals surface area contributed by atoms with Gasteiger partial charge in [0.05, 0.1) is 25.6 Å². The predicted molar refractivity (Wildman–Crippen MR) is 180 cm³/mol. The number of benzene rings is 1. The van der Waals surface area contributed by atoms with Gasteiger partial charge in [-0.15, -0.1) is 0 Å². The molecule has 1 saturated carbocycles. The normalized spacial score (nSPS) is 18.2. The molecular weight excluding hydrogens is 594 g/mol. The van der Waals surface area contributed by atoms with Gasteiger partial charge in [-0.25, -0.2) is 14.8 Å². The molecule has 3 N–H and O–H groups in total. The van der Waals surface area contributed by atoms with Crippen molar-refractivity contribution < 1.29 is 9.53 Å². The van der Waals surface area contributed by atoms with Gasteiger partial charge in [-0.05, 0) is 43.4 Å². The van der Waals surface area contributed by atoms with Gasteiger partial charge in [0.15, 0.2) is 0 Å². The van der Waals surface area contributed by atoms with Crippen LogP contribution in [0.25, 0.3) is 11.1 Å². The molecule has 1 aromatic carbocycles. The van der Waals surface area contributed by atoms with Crippen molar-refractivity contribution in [3.05, 3.63) is 78.4 Å². The van der Waals surface area contributed by atoms with Crippen LogP contribution >= 0.6 is 0 Å². The fourth-order valence-electron chi connectivity index (χ4n) is 6.07. The molecule has 2 amide bonds. The van der Waals surface area contributed by atoms with Gasteiger partial charge in [0.25, 0.3) is 0 Å². The molecule has 47 heavy (non-hydrogen) atoms. The van der Waals surface area contributed by atoms with Gasteiger partial charge < -0.3 is 20.7 Å². The lowest BCUT2D eigenvalue weighted by atomic mass is 9.90. The Balaban J connectivity index is 1.10. The third-order valence-electron chi connectivity index (χ3n) is 8.67. The number of aryl methyl sites for hydroxylation is 1. The molecule has 4 heterocycles. The molecule has 6 rings (SSSR count). The van der Waals surface area contributed by atoms with E-state index in [0.29, 0.717) is 36.2 Å². The van der Waals surface area contributed by atoms with E-state index in [-0.39, 0.29) is 18.1 Å². The molecule has 4 aromatic rings. The highest BCUT2D eigenvalue weighted by molar-refractivity contribution is 5.91. The van der Waals surface area contributed by atoms with Crippen molar-refractivity contribution in [1.29, 1.82) is 5.26 Å². The lowest BCUT2D eigenvalue weighted by Crippen LogP contribution is -2.49. The van der Waals surface area contributed by atoms with E-state index in [4.69, 9.17) is 9.72 Å². The topological polar surface area (TPSA) is 149 Å². The third-order valence-corrected chi connectivity index (χ3v) is 8.67. The number of anilines is 3. The number of aromatic nitrogens is 5. The zero-order valence-electron chi connectivity index (χ0n) is 26.7. The highest BCUT2D eigenvalue weighted by Crippen LogP contribution is 2.30. The van der Waals surface area contributed by atoms with Gasteiger partial charge >= 0.3 is 6.03 Å². The van der Waals surface area contributed by atoms with Gasteiger partial charge in [0.1, 0.15) is 23.3 Å². The fourth-order valence-corrected chi connectivity index (χ4v) is 6.07. The number of nitrogens with one attached hydrogen (secondary N) is 3. The van der Waals surface area contributed by atoms with Gasteiger partial charge in [-0.3, -0.25) is 14.5 Å². The number of hydrogen-bond donors (Lipinski definition) is 3. The number of hydrogen-bond acceptors (Lipinski definition) is 10. The van der Waals surface area contributed by atoms with E-state index in [1.54, 1.807) is 28.2 Å². The first kappa shape index (κ1) is 31.9. The maximum atomic E-state index is 13.7. The average molecular weight is 636 g/mol. The standard InChI is InChI=1S/C34H41N11O2/c1-43-24-28(23-40-43)26-7-12-31(37-21-26)45(34(46)39-20-25-5-3-2-4-6-25)30-10-8-29(9-11-30)41-33-38-22-27(19-35)32(42-33)36-13-14-44-15-17-47-18-16-44/h2-7,12,21-24,29-30H,8-11,13-18,20H2,1H3,(H,39,46)(H2,36,38,41,42). The van der Waals surface area contributed by atoms with E-state index in [9.17, 15) is 10.1 Å². The summed E-state index contributed by atoms with van der Waals surface area (Å²) in [6.45, 7) is 5.27. The Morgan fingerprint density at radius 1 is 1.02 bits per heavy atom. The molecule has 244 valence electrons. The van der Waals surface area contributed by atoms with Crippen LogP contribution in [0.2, 0.25) is 0 Å². The molecule has 0 spiro atoms. The van der Waals surface area contributed by atoms with Crippen LogP contribution in [0, 0.1) is 11.3 Å². The minimum absolute atomic E-state index is 0.0279. The Hall–Kier alpha value is -5.06. The number of nitrogens with zero attached hydrogens (tertiary/aromatic N) is 8. The number of amides is 2. The summed E-state index contributed by atoms with van der Waals surface area (Å²) >= 11 is 0. The van der Waals surface area contributed by atoms with Crippen LogP contribution in [0.4, 0.5) is 22.4 Å². The molecule has 2 aliphatic rings. The Bertz CT molecular complexity index is 1640. The summed E-state index contributed by atoms with van der Waals surface area (Å²) in [6.07, 6.45) is 10.3. The van der Waals surface area contributed by atoms with E-state index in [1.165, 1.54) is 0 Å². The van der Waals surface area contributed by atoms with E-state index < -0.39 is 0 Å². The van der Waals surface area contributed by atoms with E-state index >= 15 is 0 Å². The zero-order valence-corrected chi connectivity index (χ0v) is 26.7. The predicted octanol–water partition coefficient (Wildman–Crippen LogP) is 4.03. The SMILES string of the molecule is Cn1cc(-c2ccc(N(C(=O)NCc3ccccc3)C3CCC(Nc4ncc(C#N)c(NCCN5CCOCC5)n4)CC3)nc2)cn1. The lowest BCUT2D eigenvalue weighted by Gasteiger charge is -2.36. The lowest BCUT2D eigenvalue weighted by molar-refractivity contribution is 0.0398. The molecule has 2 fully saturated rings. The Morgan fingerprint density at radius 3 is 2.53 bits per heavy atom. The summed E-state index contributed by atoms with van der Waals surface area (Å²) in [6, 6.07) is 15.9. The molecule has 13 nitrogen and oxygen atoms in total. The second-order valence-electron chi connectivity index (χ2n) is 11.9. The Morgan fingerprint density at radius 2 is 1.83 bits per heavy atom. The van der Waals surface area contributed by atoms with Crippen LogP contribution in [0.5, 0.6) is 0 Å². The fraction of sp³-hybridized carbons (Fsp3) is 0.412. The number of rotatable bonds is 11. The summed E-state index contributed by atoms with van der Waals surface area (Å²) in [5, 5.41) is 23.8. The first-order chi connectivity index (χ1) is 23.1. The average Bonchev–Trinajstić information content (AvgIpc) is 3.55. The zero-order chi connectivity index (χ0) is 32.4. The van der Waals surface area contributed by atoms with Crippen molar-refractivity contribution >= 4 is 23.6 Å². The van der Waals surface area contributed by atoms with Crippen molar-refractivity contribution in [2.45, 2.75) is 44.3 Å². The number of pyridine rings is 1. The maximum absolute atomic E-state index is 13.7. The number of morpholine rings is 1. The van der Waals surface area contributed by atoms with Gasteiger partial charge in [-0.1, -0.05) is 30.3 Å². The van der Waals surface area contributed by atoms with E-state index in [0.717, 1.165) is 75.2 Å². The van der Waals surface area contributed by atoms with Crippen LogP contribution < -0.4 is 20.9 Å². The van der Waals surface area contributed by atoms with Crippen LogP contribution in [0.15, 0.2) is 67.3 Å². The molecule has 0 bridgehead atoms. The van der Waals surface area contributed by atoms with E-state index in [1.807, 2.05) is 55.7 Å². The molecule has 1 aliphatic heterocycles. The second-order valence-corrected chi connectivity index (χ2v) is 11.9. The molecule has 0 unspecified atom stereocenters. The first-order valence-electron chi connectivity index (χ1n) is 16.2. The van der Waals surface area contributed by atoms with Crippen molar-refractivity contribution in [1.82, 2.24) is 34.9 Å². The van der Waals surface area contributed by atoms with E-state index in [2.05, 4.69) is 42.0 Å². The van der Waals surface area contributed by atoms with Gasteiger partial charge in [0, 0.05) is 75.4 Å². The number of carbonyl (C=O) groups is 1. The second kappa shape index (κ2) is 15.5. The van der Waals surface area contributed by atoms with Gasteiger partial charge in [-0.2, -0.15) is 15.3 Å². The van der Waals surface area contributed by atoms with Gasteiger partial charge in [0.2, 0.25) is 5.95 Å². The Kier molecular flexibility index (Phi) is 10.5. The number of carbonyl (C=O) groups excluding carboxylic acids is 1. The summed E-state index contributed by atoms with van der Waals surface area (Å²) < 4.78 is 7.18.